The second kappa shape index (κ2) is 4.97. The van der Waals surface area contributed by atoms with E-state index in [9.17, 15) is 9.18 Å². The number of halogens is 1. The third-order valence-electron chi connectivity index (χ3n) is 3.33. The van der Waals surface area contributed by atoms with Crippen LogP contribution in [0, 0.1) is 5.82 Å². The lowest BCUT2D eigenvalue weighted by atomic mass is 10.1. The summed E-state index contributed by atoms with van der Waals surface area (Å²) in [5.74, 6) is -0.795. The Morgan fingerprint density at radius 2 is 2.00 bits per heavy atom. The molecule has 0 aliphatic heterocycles. The normalized spacial score (nSPS) is 12.5. The fourth-order valence-corrected chi connectivity index (χ4v) is 2.21. The van der Waals surface area contributed by atoms with Crippen molar-refractivity contribution in [2.45, 2.75) is 13.0 Å². The Kier molecular flexibility index (Phi) is 3.13. The van der Waals surface area contributed by atoms with Gasteiger partial charge in [0.1, 0.15) is 5.82 Å². The van der Waals surface area contributed by atoms with Crippen molar-refractivity contribution in [2.75, 3.05) is 11.1 Å². The highest BCUT2D eigenvalue weighted by Gasteiger charge is 2.10. The Labute approximate surface area is 119 Å². The highest BCUT2D eigenvalue weighted by Crippen LogP contribution is 2.28. The molecule has 2 aromatic carbocycles. The number of fused-ring (bicyclic) bond motifs is 1. The predicted molar refractivity (Wildman–Crippen MR) is 79.7 cm³/mol. The van der Waals surface area contributed by atoms with Crippen LogP contribution in [0.4, 0.5) is 15.8 Å². The van der Waals surface area contributed by atoms with Crippen LogP contribution in [0.2, 0.25) is 0 Å². The molecule has 21 heavy (non-hydrogen) atoms. The van der Waals surface area contributed by atoms with E-state index in [-0.39, 0.29) is 11.9 Å². The molecule has 3 aromatic rings. The number of hydrogen-bond acceptors (Lipinski definition) is 4. The number of aromatic amines is 1. The summed E-state index contributed by atoms with van der Waals surface area (Å²) in [4.78, 5) is 13.7. The summed E-state index contributed by atoms with van der Waals surface area (Å²) < 4.78 is 17.9. The average Bonchev–Trinajstić information content (AvgIpc) is 2.79. The third kappa shape index (κ3) is 2.60. The minimum Gasteiger partial charge on any atom is -0.408 e. The Morgan fingerprint density at radius 1 is 1.29 bits per heavy atom. The molecule has 1 aromatic heterocycles. The van der Waals surface area contributed by atoms with E-state index in [1.54, 1.807) is 24.3 Å². The molecule has 5 nitrogen and oxygen atoms in total. The molecular formula is C15H14FN3O2. The van der Waals surface area contributed by atoms with Crippen molar-refractivity contribution in [1.29, 1.82) is 0 Å². The second-order valence-electron chi connectivity index (χ2n) is 4.87. The van der Waals surface area contributed by atoms with Crippen LogP contribution in [-0.4, -0.2) is 4.98 Å². The summed E-state index contributed by atoms with van der Waals surface area (Å²) in [5.41, 5.74) is 9.01. The Morgan fingerprint density at radius 3 is 2.71 bits per heavy atom. The van der Waals surface area contributed by atoms with Gasteiger partial charge >= 0.3 is 5.76 Å². The Balaban J connectivity index is 1.91. The average molecular weight is 287 g/mol. The van der Waals surface area contributed by atoms with Crippen molar-refractivity contribution < 1.29 is 8.81 Å². The zero-order chi connectivity index (χ0) is 15.0. The number of nitrogens with two attached hydrogens (primary N) is 1. The number of oxazole rings is 1. The summed E-state index contributed by atoms with van der Waals surface area (Å²) >= 11 is 0. The minimum atomic E-state index is -0.520. The zero-order valence-corrected chi connectivity index (χ0v) is 11.3. The van der Waals surface area contributed by atoms with E-state index >= 15 is 0 Å². The fraction of sp³-hybridized carbons (Fsp3) is 0.133. The molecule has 0 aliphatic rings. The van der Waals surface area contributed by atoms with Crippen LogP contribution in [0.5, 0.6) is 0 Å². The van der Waals surface area contributed by atoms with E-state index in [1.165, 1.54) is 12.1 Å². The van der Waals surface area contributed by atoms with Gasteiger partial charge in [0.15, 0.2) is 5.58 Å². The van der Waals surface area contributed by atoms with Crippen molar-refractivity contribution in [2.24, 2.45) is 0 Å². The first-order valence-corrected chi connectivity index (χ1v) is 6.47. The largest absolute Gasteiger partial charge is 0.417 e. The van der Waals surface area contributed by atoms with Crippen LogP contribution in [0.3, 0.4) is 0 Å². The summed E-state index contributed by atoms with van der Waals surface area (Å²) in [6.45, 7) is 1.94. The van der Waals surface area contributed by atoms with Gasteiger partial charge in [0.05, 0.1) is 16.9 Å². The molecule has 0 saturated heterocycles. The molecule has 3 rings (SSSR count). The van der Waals surface area contributed by atoms with Gasteiger partial charge in [-0.3, -0.25) is 4.98 Å². The van der Waals surface area contributed by atoms with Gasteiger partial charge in [-0.1, -0.05) is 12.1 Å². The summed E-state index contributed by atoms with van der Waals surface area (Å²) in [6, 6.07) is 9.48. The molecule has 0 radical (unpaired) electrons. The van der Waals surface area contributed by atoms with Crippen LogP contribution in [0.15, 0.2) is 45.6 Å². The first kappa shape index (κ1) is 13.2. The number of hydrogen-bond donors (Lipinski definition) is 3. The summed E-state index contributed by atoms with van der Waals surface area (Å²) in [7, 11) is 0. The van der Waals surface area contributed by atoms with E-state index in [2.05, 4.69) is 10.3 Å². The fourth-order valence-electron chi connectivity index (χ4n) is 2.21. The molecule has 108 valence electrons. The Bertz CT molecular complexity index is 836. The van der Waals surface area contributed by atoms with E-state index in [4.69, 9.17) is 10.2 Å². The van der Waals surface area contributed by atoms with Crippen LogP contribution < -0.4 is 16.8 Å². The van der Waals surface area contributed by atoms with Gasteiger partial charge in [-0.15, -0.1) is 0 Å². The van der Waals surface area contributed by atoms with E-state index in [0.29, 0.717) is 22.5 Å². The van der Waals surface area contributed by atoms with Crippen molar-refractivity contribution in [3.63, 3.8) is 0 Å². The van der Waals surface area contributed by atoms with Crippen LogP contribution >= 0.6 is 0 Å². The van der Waals surface area contributed by atoms with Gasteiger partial charge in [-0.05, 0) is 30.7 Å². The van der Waals surface area contributed by atoms with Gasteiger partial charge in [-0.25, -0.2) is 9.18 Å². The smallest absolute Gasteiger partial charge is 0.408 e. The number of benzene rings is 2. The van der Waals surface area contributed by atoms with Gasteiger partial charge in [0.25, 0.3) is 0 Å². The lowest BCUT2D eigenvalue weighted by Crippen LogP contribution is -2.08. The maximum Gasteiger partial charge on any atom is 0.417 e. The minimum absolute atomic E-state index is 0.0658. The maximum atomic E-state index is 12.9. The predicted octanol–water partition coefficient (Wildman–Crippen LogP) is 3.02. The SMILES string of the molecule is CC(Nc1cc2[nH]c(=O)oc2cc1N)c1ccc(F)cc1. The lowest BCUT2D eigenvalue weighted by molar-refractivity contribution is 0.555. The number of nitrogens with one attached hydrogen (secondary N) is 2. The van der Waals surface area contributed by atoms with Gasteiger partial charge in [0.2, 0.25) is 0 Å². The molecule has 0 bridgehead atoms. The number of anilines is 2. The van der Waals surface area contributed by atoms with Crippen molar-refractivity contribution in [3.8, 4) is 0 Å². The number of nitrogen functional groups attached to an aromatic ring is 1. The standard InChI is InChI=1S/C15H14FN3O2/c1-8(9-2-4-10(16)5-3-9)18-12-7-13-14(6-11(12)17)21-15(20)19-13/h2-8,18H,17H2,1H3,(H,19,20). The topological polar surface area (TPSA) is 84.0 Å². The summed E-state index contributed by atoms with van der Waals surface area (Å²) in [5, 5.41) is 3.24. The monoisotopic (exact) mass is 287 g/mol. The molecule has 0 fully saturated rings. The molecule has 0 amide bonds. The molecule has 0 spiro atoms. The molecule has 0 saturated carbocycles. The van der Waals surface area contributed by atoms with Crippen molar-refractivity contribution in [3.05, 3.63) is 58.3 Å². The highest BCUT2D eigenvalue weighted by molar-refractivity contribution is 5.85. The lowest BCUT2D eigenvalue weighted by Gasteiger charge is -2.17. The van der Waals surface area contributed by atoms with Gasteiger partial charge in [-0.2, -0.15) is 0 Å². The third-order valence-corrected chi connectivity index (χ3v) is 3.33. The van der Waals surface area contributed by atoms with Gasteiger partial charge < -0.3 is 15.5 Å². The Hall–Kier alpha value is -2.76. The molecule has 1 unspecified atom stereocenters. The highest BCUT2D eigenvalue weighted by atomic mass is 19.1. The zero-order valence-electron chi connectivity index (χ0n) is 11.3. The molecule has 1 atom stereocenters. The maximum absolute atomic E-state index is 12.9. The molecule has 6 heteroatoms. The van der Waals surface area contributed by atoms with Crippen LogP contribution in [-0.2, 0) is 0 Å². The van der Waals surface area contributed by atoms with Crippen molar-refractivity contribution in [1.82, 2.24) is 4.98 Å². The first-order chi connectivity index (χ1) is 10.0. The molecule has 4 N–H and O–H groups in total. The van der Waals surface area contributed by atoms with Gasteiger partial charge in [0, 0.05) is 12.1 Å². The molecule has 0 aliphatic carbocycles. The number of aromatic nitrogens is 1. The molecule has 1 heterocycles. The van der Waals surface area contributed by atoms with Crippen molar-refractivity contribution >= 4 is 22.5 Å². The first-order valence-electron chi connectivity index (χ1n) is 6.47. The van der Waals surface area contributed by atoms with Crippen LogP contribution in [0.1, 0.15) is 18.5 Å². The number of rotatable bonds is 3. The van der Waals surface area contributed by atoms with E-state index < -0.39 is 5.76 Å². The van der Waals surface area contributed by atoms with Crippen LogP contribution in [0.25, 0.3) is 11.1 Å². The summed E-state index contributed by atoms with van der Waals surface area (Å²) in [6.07, 6.45) is 0. The van der Waals surface area contributed by atoms with E-state index in [0.717, 1.165) is 5.56 Å². The molecular weight excluding hydrogens is 273 g/mol. The number of H-pyrrole nitrogens is 1. The second-order valence-corrected chi connectivity index (χ2v) is 4.87. The quantitative estimate of drug-likeness (QED) is 0.646. The van der Waals surface area contributed by atoms with E-state index in [1.807, 2.05) is 6.92 Å².